The van der Waals surface area contributed by atoms with Gasteiger partial charge in [0, 0.05) is 18.3 Å². The van der Waals surface area contributed by atoms with E-state index < -0.39 is 0 Å². The van der Waals surface area contributed by atoms with Crippen molar-refractivity contribution >= 4 is 11.8 Å². The van der Waals surface area contributed by atoms with Crippen LogP contribution in [0.5, 0.6) is 5.75 Å². The van der Waals surface area contributed by atoms with Crippen molar-refractivity contribution in [1.82, 2.24) is 5.32 Å². The smallest absolute Gasteiger partial charge is 0.118 e. The Kier molecular flexibility index (Phi) is 3.92. The second-order valence-corrected chi connectivity index (χ2v) is 4.94. The van der Waals surface area contributed by atoms with Crippen LogP contribution in [0.4, 0.5) is 0 Å². The first-order valence-corrected chi connectivity index (χ1v) is 6.48. The lowest BCUT2D eigenvalue weighted by molar-refractivity contribution is 0.414. The normalized spacial score (nSPS) is 20.5. The molecule has 1 heterocycles. The van der Waals surface area contributed by atoms with Crippen LogP contribution in [0, 0.1) is 0 Å². The molecule has 1 fully saturated rings. The highest BCUT2D eigenvalue weighted by atomic mass is 32.2. The van der Waals surface area contributed by atoms with E-state index >= 15 is 0 Å². The maximum absolute atomic E-state index is 5.12. The first-order chi connectivity index (χ1) is 7.38. The van der Waals surface area contributed by atoms with Crippen molar-refractivity contribution < 1.29 is 4.74 Å². The lowest BCUT2D eigenvalue weighted by Crippen LogP contribution is -2.27. The maximum atomic E-state index is 5.12. The van der Waals surface area contributed by atoms with E-state index in [1.165, 1.54) is 23.5 Å². The van der Waals surface area contributed by atoms with E-state index in [1.807, 2.05) is 23.9 Å². The van der Waals surface area contributed by atoms with Crippen LogP contribution in [-0.4, -0.2) is 24.7 Å². The zero-order valence-electron chi connectivity index (χ0n) is 9.03. The van der Waals surface area contributed by atoms with Crippen LogP contribution in [0.3, 0.4) is 0 Å². The number of rotatable bonds is 4. The molecule has 1 saturated heterocycles. The Bertz CT molecular complexity index is 293. The summed E-state index contributed by atoms with van der Waals surface area (Å²) in [7, 11) is 1.70. The molecule has 2 rings (SSSR count). The molecule has 0 unspecified atom stereocenters. The molecule has 3 heteroatoms. The molecular weight excluding hydrogens is 206 g/mol. The third-order valence-corrected chi connectivity index (χ3v) is 3.85. The lowest BCUT2D eigenvalue weighted by atomic mass is 10.2. The molecule has 1 aromatic carbocycles. The minimum absolute atomic E-state index is 0.706. The summed E-state index contributed by atoms with van der Waals surface area (Å²) in [5.41, 5.74) is 1.33. The van der Waals surface area contributed by atoms with Gasteiger partial charge in [-0.05, 0) is 29.9 Å². The lowest BCUT2D eigenvalue weighted by Gasteiger charge is -2.11. The van der Waals surface area contributed by atoms with Gasteiger partial charge in [-0.15, -0.1) is 0 Å². The molecule has 0 aliphatic carbocycles. The molecule has 0 spiro atoms. The highest BCUT2D eigenvalue weighted by Crippen LogP contribution is 2.18. The van der Waals surface area contributed by atoms with Crippen LogP contribution in [0.25, 0.3) is 0 Å². The second kappa shape index (κ2) is 5.42. The third-order valence-electron chi connectivity index (χ3n) is 2.68. The minimum atomic E-state index is 0.706. The number of methoxy groups -OCH3 is 1. The van der Waals surface area contributed by atoms with E-state index in [-0.39, 0.29) is 0 Å². The standard InChI is InChI=1S/C12H17NOS/c1-14-12-4-2-10(3-5-12)8-13-11-6-7-15-9-11/h2-5,11,13H,6-9H2,1H3/t11-/m1/s1. The molecule has 0 saturated carbocycles. The predicted molar refractivity (Wildman–Crippen MR) is 65.6 cm³/mol. The van der Waals surface area contributed by atoms with Crippen molar-refractivity contribution in [2.24, 2.45) is 0 Å². The van der Waals surface area contributed by atoms with Crippen molar-refractivity contribution in [2.75, 3.05) is 18.6 Å². The van der Waals surface area contributed by atoms with E-state index in [9.17, 15) is 0 Å². The van der Waals surface area contributed by atoms with Crippen molar-refractivity contribution in [1.29, 1.82) is 0 Å². The van der Waals surface area contributed by atoms with Gasteiger partial charge in [-0.3, -0.25) is 0 Å². The number of hydrogen-bond acceptors (Lipinski definition) is 3. The number of ether oxygens (including phenoxy) is 1. The topological polar surface area (TPSA) is 21.3 Å². The molecule has 1 aliphatic rings. The summed E-state index contributed by atoms with van der Waals surface area (Å²) in [4.78, 5) is 0. The Hall–Kier alpha value is -0.670. The van der Waals surface area contributed by atoms with Crippen LogP contribution in [0.1, 0.15) is 12.0 Å². The first kappa shape index (κ1) is 10.8. The Morgan fingerprint density at radius 2 is 2.20 bits per heavy atom. The molecule has 0 aromatic heterocycles. The van der Waals surface area contributed by atoms with Gasteiger partial charge in [-0.1, -0.05) is 12.1 Å². The predicted octanol–water partition coefficient (Wildman–Crippen LogP) is 2.29. The first-order valence-electron chi connectivity index (χ1n) is 5.32. The molecule has 0 radical (unpaired) electrons. The average molecular weight is 223 g/mol. The largest absolute Gasteiger partial charge is 0.497 e. The molecule has 1 aliphatic heterocycles. The molecule has 1 atom stereocenters. The average Bonchev–Trinajstić information content (AvgIpc) is 2.80. The summed E-state index contributed by atoms with van der Waals surface area (Å²) < 4.78 is 5.12. The number of benzene rings is 1. The van der Waals surface area contributed by atoms with Crippen molar-refractivity contribution in [2.45, 2.75) is 19.0 Å². The van der Waals surface area contributed by atoms with Crippen LogP contribution >= 0.6 is 11.8 Å². The molecule has 1 N–H and O–H groups in total. The molecule has 0 bridgehead atoms. The molecule has 82 valence electrons. The van der Waals surface area contributed by atoms with Gasteiger partial charge in [-0.25, -0.2) is 0 Å². The van der Waals surface area contributed by atoms with Crippen LogP contribution < -0.4 is 10.1 Å². The van der Waals surface area contributed by atoms with E-state index in [2.05, 4.69) is 17.4 Å². The van der Waals surface area contributed by atoms with Gasteiger partial charge in [0.25, 0.3) is 0 Å². The quantitative estimate of drug-likeness (QED) is 0.846. The molecule has 1 aromatic rings. The maximum Gasteiger partial charge on any atom is 0.118 e. The summed E-state index contributed by atoms with van der Waals surface area (Å²) in [6.07, 6.45) is 1.31. The Labute approximate surface area is 95.4 Å². The Morgan fingerprint density at radius 3 is 2.80 bits per heavy atom. The highest BCUT2D eigenvalue weighted by Gasteiger charge is 2.13. The van der Waals surface area contributed by atoms with E-state index in [4.69, 9.17) is 4.74 Å². The van der Waals surface area contributed by atoms with Crippen LogP contribution in [-0.2, 0) is 6.54 Å². The SMILES string of the molecule is COc1ccc(CN[C@@H]2CCSC2)cc1. The zero-order chi connectivity index (χ0) is 10.5. The highest BCUT2D eigenvalue weighted by molar-refractivity contribution is 7.99. The van der Waals surface area contributed by atoms with E-state index in [0.29, 0.717) is 6.04 Å². The zero-order valence-corrected chi connectivity index (χ0v) is 9.85. The van der Waals surface area contributed by atoms with Crippen molar-refractivity contribution in [3.63, 3.8) is 0 Å². The van der Waals surface area contributed by atoms with Gasteiger partial charge >= 0.3 is 0 Å². The van der Waals surface area contributed by atoms with Gasteiger partial charge in [0.1, 0.15) is 5.75 Å². The molecular formula is C12H17NOS. The van der Waals surface area contributed by atoms with Crippen molar-refractivity contribution in [3.8, 4) is 5.75 Å². The molecule has 0 amide bonds. The van der Waals surface area contributed by atoms with Gasteiger partial charge in [-0.2, -0.15) is 11.8 Å². The summed E-state index contributed by atoms with van der Waals surface area (Å²) in [5.74, 6) is 3.49. The van der Waals surface area contributed by atoms with Gasteiger partial charge in [0.05, 0.1) is 7.11 Å². The van der Waals surface area contributed by atoms with Gasteiger partial charge in [0.15, 0.2) is 0 Å². The monoisotopic (exact) mass is 223 g/mol. The number of nitrogens with one attached hydrogen (secondary N) is 1. The van der Waals surface area contributed by atoms with E-state index in [1.54, 1.807) is 7.11 Å². The number of thioether (sulfide) groups is 1. The number of hydrogen-bond donors (Lipinski definition) is 1. The van der Waals surface area contributed by atoms with Gasteiger partial charge < -0.3 is 10.1 Å². The summed E-state index contributed by atoms with van der Waals surface area (Å²) in [5, 5.41) is 3.57. The second-order valence-electron chi connectivity index (χ2n) is 3.79. The Morgan fingerprint density at radius 1 is 1.40 bits per heavy atom. The van der Waals surface area contributed by atoms with Crippen molar-refractivity contribution in [3.05, 3.63) is 29.8 Å². The fourth-order valence-electron chi connectivity index (χ4n) is 1.70. The van der Waals surface area contributed by atoms with E-state index in [0.717, 1.165) is 12.3 Å². The molecule has 2 nitrogen and oxygen atoms in total. The molecule has 15 heavy (non-hydrogen) atoms. The minimum Gasteiger partial charge on any atom is -0.497 e. The summed E-state index contributed by atoms with van der Waals surface area (Å²) in [6, 6.07) is 8.97. The van der Waals surface area contributed by atoms with Crippen LogP contribution in [0.2, 0.25) is 0 Å². The summed E-state index contributed by atoms with van der Waals surface area (Å²) >= 11 is 2.04. The fourth-order valence-corrected chi connectivity index (χ4v) is 2.89. The third kappa shape index (κ3) is 3.14. The Balaban J connectivity index is 1.82. The fraction of sp³-hybridized carbons (Fsp3) is 0.500. The summed E-state index contributed by atoms with van der Waals surface area (Å²) in [6.45, 7) is 0.967. The van der Waals surface area contributed by atoms with Crippen LogP contribution in [0.15, 0.2) is 24.3 Å². The van der Waals surface area contributed by atoms with Gasteiger partial charge in [0.2, 0.25) is 0 Å².